The highest BCUT2D eigenvalue weighted by Crippen LogP contribution is 2.17. The molecule has 1 saturated carbocycles. The zero-order valence-corrected chi connectivity index (χ0v) is 13.1. The maximum atomic E-state index is 13.4. The van der Waals surface area contributed by atoms with E-state index in [9.17, 15) is 18.8 Å². The molecule has 0 aromatic heterocycles. The fourth-order valence-corrected chi connectivity index (χ4v) is 2.41. The van der Waals surface area contributed by atoms with E-state index < -0.39 is 30.3 Å². The summed E-state index contributed by atoms with van der Waals surface area (Å²) >= 11 is 0. The Morgan fingerprint density at radius 1 is 1.21 bits per heavy atom. The van der Waals surface area contributed by atoms with E-state index in [0.29, 0.717) is 0 Å². The molecule has 2 N–H and O–H groups in total. The van der Waals surface area contributed by atoms with Crippen molar-refractivity contribution in [1.82, 2.24) is 10.6 Å². The van der Waals surface area contributed by atoms with Gasteiger partial charge in [-0.1, -0.05) is 31.0 Å². The average Bonchev–Trinajstić information content (AvgIpc) is 3.05. The van der Waals surface area contributed by atoms with E-state index in [1.165, 1.54) is 24.3 Å². The zero-order valence-electron chi connectivity index (χ0n) is 13.1. The van der Waals surface area contributed by atoms with Gasteiger partial charge in [0.05, 0.1) is 0 Å². The lowest BCUT2D eigenvalue weighted by Gasteiger charge is -2.12. The van der Waals surface area contributed by atoms with Crippen molar-refractivity contribution in [3.05, 3.63) is 41.7 Å². The lowest BCUT2D eigenvalue weighted by Crippen LogP contribution is -2.44. The number of ether oxygens (including phenoxy) is 1. The van der Waals surface area contributed by atoms with E-state index in [4.69, 9.17) is 4.74 Å². The highest BCUT2D eigenvalue weighted by molar-refractivity contribution is 5.96. The molecule has 1 aromatic carbocycles. The molecule has 0 heterocycles. The number of urea groups is 1. The van der Waals surface area contributed by atoms with Gasteiger partial charge in [-0.15, -0.1) is 0 Å². The highest BCUT2D eigenvalue weighted by atomic mass is 19.1. The molecule has 6 nitrogen and oxygen atoms in total. The van der Waals surface area contributed by atoms with Crippen LogP contribution in [0.4, 0.5) is 9.18 Å². The Kier molecular flexibility index (Phi) is 6.48. The Morgan fingerprint density at radius 2 is 1.92 bits per heavy atom. The second-order valence-electron chi connectivity index (χ2n) is 5.47. The van der Waals surface area contributed by atoms with Crippen LogP contribution in [0.25, 0.3) is 6.08 Å². The number of benzene rings is 1. The first-order valence-corrected chi connectivity index (χ1v) is 7.74. The number of imide groups is 1. The van der Waals surface area contributed by atoms with Crippen molar-refractivity contribution >= 4 is 24.0 Å². The van der Waals surface area contributed by atoms with Crippen LogP contribution in [0.5, 0.6) is 0 Å². The SMILES string of the molecule is O=C(COC(=O)C=Cc1ccccc1F)NC(=O)NC1CCCC1. The summed E-state index contributed by atoms with van der Waals surface area (Å²) in [4.78, 5) is 34.6. The summed E-state index contributed by atoms with van der Waals surface area (Å²) in [6.07, 6.45) is 6.19. The Balaban J connectivity index is 1.70. The third kappa shape index (κ3) is 5.83. The Labute approximate surface area is 139 Å². The summed E-state index contributed by atoms with van der Waals surface area (Å²) in [5.41, 5.74) is 0.231. The van der Waals surface area contributed by atoms with E-state index in [0.717, 1.165) is 31.8 Å². The molecule has 1 aliphatic carbocycles. The molecule has 1 aliphatic rings. The molecule has 0 saturated heterocycles. The average molecular weight is 334 g/mol. The highest BCUT2D eigenvalue weighted by Gasteiger charge is 2.18. The van der Waals surface area contributed by atoms with Crippen molar-refractivity contribution in [2.45, 2.75) is 31.7 Å². The van der Waals surface area contributed by atoms with Crippen LogP contribution < -0.4 is 10.6 Å². The van der Waals surface area contributed by atoms with Crippen LogP contribution >= 0.6 is 0 Å². The zero-order chi connectivity index (χ0) is 17.4. The number of carbonyl (C=O) groups is 3. The molecular formula is C17H19FN2O4. The van der Waals surface area contributed by atoms with Crippen LogP contribution in [-0.2, 0) is 14.3 Å². The lowest BCUT2D eigenvalue weighted by molar-refractivity contribution is -0.143. The molecule has 1 aromatic rings. The summed E-state index contributed by atoms with van der Waals surface area (Å²) < 4.78 is 18.0. The van der Waals surface area contributed by atoms with Crippen molar-refractivity contribution in [3.63, 3.8) is 0 Å². The molecule has 1 fully saturated rings. The fourth-order valence-electron chi connectivity index (χ4n) is 2.41. The molecule has 3 amide bonds. The molecule has 0 bridgehead atoms. The van der Waals surface area contributed by atoms with Gasteiger partial charge < -0.3 is 10.1 Å². The van der Waals surface area contributed by atoms with Crippen molar-refractivity contribution in [2.24, 2.45) is 0 Å². The summed E-state index contributed by atoms with van der Waals surface area (Å²) in [6.45, 7) is -0.585. The molecule has 0 atom stereocenters. The number of halogens is 1. The maximum absolute atomic E-state index is 13.4. The summed E-state index contributed by atoms with van der Waals surface area (Å²) in [5, 5.41) is 4.78. The Bertz CT molecular complexity index is 639. The minimum atomic E-state index is -0.801. The maximum Gasteiger partial charge on any atom is 0.331 e. The summed E-state index contributed by atoms with van der Waals surface area (Å²) in [5.74, 6) is -1.99. The second-order valence-corrected chi connectivity index (χ2v) is 5.47. The van der Waals surface area contributed by atoms with Gasteiger partial charge >= 0.3 is 12.0 Å². The molecule has 7 heteroatoms. The van der Waals surface area contributed by atoms with Gasteiger partial charge in [0, 0.05) is 17.7 Å². The first-order valence-electron chi connectivity index (χ1n) is 7.74. The van der Waals surface area contributed by atoms with Crippen LogP contribution in [0, 0.1) is 5.82 Å². The van der Waals surface area contributed by atoms with Crippen LogP contribution in [0.2, 0.25) is 0 Å². The third-order valence-corrected chi connectivity index (χ3v) is 3.59. The number of esters is 1. The van der Waals surface area contributed by atoms with Gasteiger partial charge in [-0.2, -0.15) is 0 Å². The smallest absolute Gasteiger partial charge is 0.331 e. The topological polar surface area (TPSA) is 84.5 Å². The minimum Gasteiger partial charge on any atom is -0.452 e. The normalized spacial score (nSPS) is 14.5. The van der Waals surface area contributed by atoms with E-state index in [1.807, 2.05) is 0 Å². The molecular weight excluding hydrogens is 315 g/mol. The molecule has 0 aliphatic heterocycles. The van der Waals surface area contributed by atoms with Crippen LogP contribution in [-0.4, -0.2) is 30.6 Å². The van der Waals surface area contributed by atoms with Gasteiger partial charge in [-0.3, -0.25) is 10.1 Å². The summed E-state index contributed by atoms with van der Waals surface area (Å²) in [7, 11) is 0. The molecule has 2 rings (SSSR count). The molecule has 0 spiro atoms. The number of carbonyl (C=O) groups excluding carboxylic acids is 3. The molecule has 128 valence electrons. The predicted molar refractivity (Wildman–Crippen MR) is 85.3 cm³/mol. The van der Waals surface area contributed by atoms with Crippen molar-refractivity contribution in [1.29, 1.82) is 0 Å². The van der Waals surface area contributed by atoms with Crippen molar-refractivity contribution in [3.8, 4) is 0 Å². The quantitative estimate of drug-likeness (QED) is 0.638. The Morgan fingerprint density at radius 3 is 2.62 bits per heavy atom. The van der Waals surface area contributed by atoms with Crippen molar-refractivity contribution < 1.29 is 23.5 Å². The predicted octanol–water partition coefficient (Wildman–Crippen LogP) is 2.15. The monoisotopic (exact) mass is 334 g/mol. The van der Waals surface area contributed by atoms with Gasteiger partial charge in [-0.25, -0.2) is 14.0 Å². The molecule has 24 heavy (non-hydrogen) atoms. The number of hydrogen-bond acceptors (Lipinski definition) is 4. The standard InChI is InChI=1S/C17H19FN2O4/c18-14-8-4-1-5-12(14)9-10-16(22)24-11-15(21)20-17(23)19-13-6-2-3-7-13/h1,4-5,8-10,13H,2-3,6-7,11H2,(H2,19,20,21,23). The summed E-state index contributed by atoms with van der Waals surface area (Å²) in [6, 6.07) is 5.42. The second kappa shape index (κ2) is 8.81. The van der Waals surface area contributed by atoms with Gasteiger partial charge in [0.25, 0.3) is 5.91 Å². The van der Waals surface area contributed by atoms with Crippen LogP contribution in [0.3, 0.4) is 0 Å². The fraction of sp³-hybridized carbons (Fsp3) is 0.353. The van der Waals surface area contributed by atoms with Crippen molar-refractivity contribution in [2.75, 3.05) is 6.61 Å². The third-order valence-electron chi connectivity index (χ3n) is 3.59. The first kappa shape index (κ1) is 17.7. The van der Waals surface area contributed by atoms with E-state index in [2.05, 4.69) is 10.6 Å². The van der Waals surface area contributed by atoms with Crippen LogP contribution in [0.1, 0.15) is 31.2 Å². The van der Waals surface area contributed by atoms with E-state index in [-0.39, 0.29) is 11.6 Å². The molecule has 0 radical (unpaired) electrons. The number of nitrogens with one attached hydrogen (secondary N) is 2. The number of rotatable bonds is 5. The van der Waals surface area contributed by atoms with E-state index >= 15 is 0 Å². The first-order chi connectivity index (χ1) is 11.5. The van der Waals surface area contributed by atoms with Gasteiger partial charge in [0.2, 0.25) is 0 Å². The van der Waals surface area contributed by atoms with Gasteiger partial charge in [0.1, 0.15) is 5.82 Å². The molecule has 0 unspecified atom stereocenters. The number of hydrogen-bond donors (Lipinski definition) is 2. The largest absolute Gasteiger partial charge is 0.452 e. The number of amides is 3. The van der Waals surface area contributed by atoms with Gasteiger partial charge in [-0.05, 0) is 25.0 Å². The Hall–Kier alpha value is -2.70. The lowest BCUT2D eigenvalue weighted by atomic mass is 10.2. The van der Waals surface area contributed by atoms with E-state index in [1.54, 1.807) is 6.07 Å². The van der Waals surface area contributed by atoms with Crippen LogP contribution in [0.15, 0.2) is 30.3 Å². The van der Waals surface area contributed by atoms with Gasteiger partial charge in [0.15, 0.2) is 6.61 Å². The minimum absolute atomic E-state index is 0.0871.